The Bertz CT molecular complexity index is 629. The fourth-order valence-electron chi connectivity index (χ4n) is 1.92. The number of rotatable bonds is 5. The van der Waals surface area contributed by atoms with E-state index in [9.17, 15) is 0 Å². The van der Waals surface area contributed by atoms with Gasteiger partial charge in [0.1, 0.15) is 0 Å². The van der Waals surface area contributed by atoms with Crippen molar-refractivity contribution in [1.29, 1.82) is 0 Å². The number of nitrogens with zero attached hydrogens (tertiary/aromatic N) is 4. The second kappa shape index (κ2) is 6.91. The summed E-state index contributed by atoms with van der Waals surface area (Å²) in [5.41, 5.74) is 0.691. The van der Waals surface area contributed by atoms with Gasteiger partial charge in [-0.1, -0.05) is 29.3 Å². The van der Waals surface area contributed by atoms with Gasteiger partial charge in [0.15, 0.2) is 5.82 Å². The zero-order chi connectivity index (χ0) is 15.4. The van der Waals surface area contributed by atoms with Crippen molar-refractivity contribution in [2.75, 3.05) is 30.4 Å². The Morgan fingerprint density at radius 2 is 1.81 bits per heavy atom. The lowest BCUT2D eigenvalue weighted by Crippen LogP contribution is -2.25. The van der Waals surface area contributed by atoms with Gasteiger partial charge in [-0.25, -0.2) is 0 Å². The van der Waals surface area contributed by atoms with Gasteiger partial charge >= 0.3 is 0 Å². The summed E-state index contributed by atoms with van der Waals surface area (Å²) in [5, 5.41) is 3.87. The molecule has 1 aromatic carbocycles. The first kappa shape index (κ1) is 15.8. The van der Waals surface area contributed by atoms with Gasteiger partial charge in [-0.2, -0.15) is 15.0 Å². The molecule has 2 rings (SSSR count). The zero-order valence-corrected chi connectivity index (χ0v) is 13.7. The highest BCUT2D eigenvalue weighted by molar-refractivity contribution is 6.43. The molecule has 1 aromatic heterocycles. The van der Waals surface area contributed by atoms with E-state index in [0.717, 1.165) is 13.1 Å². The molecule has 7 heteroatoms. The van der Waals surface area contributed by atoms with Gasteiger partial charge in [0.25, 0.3) is 0 Å². The molecule has 0 radical (unpaired) electrons. The van der Waals surface area contributed by atoms with Crippen molar-refractivity contribution >= 4 is 35.1 Å². The maximum Gasteiger partial charge on any atom is 0.230 e. The summed E-state index contributed by atoms with van der Waals surface area (Å²) in [5.74, 6) is 1.62. The van der Waals surface area contributed by atoms with Crippen LogP contribution in [-0.4, -0.2) is 35.1 Å². The third-order valence-corrected chi connectivity index (χ3v) is 3.90. The normalized spacial score (nSPS) is 10.5. The predicted octanol–water partition coefficient (Wildman–Crippen LogP) is 3.73. The Kier molecular flexibility index (Phi) is 5.20. The summed E-state index contributed by atoms with van der Waals surface area (Å²) >= 11 is 12.3. The summed E-state index contributed by atoms with van der Waals surface area (Å²) in [6.07, 6.45) is 0. The van der Waals surface area contributed by atoms with Gasteiger partial charge in [0, 0.05) is 25.7 Å². The summed E-state index contributed by atoms with van der Waals surface area (Å²) in [6, 6.07) is 5.40. The van der Waals surface area contributed by atoms with E-state index in [0.29, 0.717) is 33.3 Å². The van der Waals surface area contributed by atoms with E-state index in [1.54, 1.807) is 13.1 Å². The van der Waals surface area contributed by atoms with E-state index in [1.165, 1.54) is 0 Å². The van der Waals surface area contributed by atoms with Crippen LogP contribution in [0.5, 0.6) is 0 Å². The third-order valence-electron chi connectivity index (χ3n) is 3.09. The van der Waals surface area contributed by atoms with Gasteiger partial charge < -0.3 is 10.2 Å². The maximum atomic E-state index is 6.26. The Balaban J connectivity index is 2.58. The van der Waals surface area contributed by atoms with E-state index in [-0.39, 0.29) is 0 Å². The second-order valence-electron chi connectivity index (χ2n) is 4.31. The minimum absolute atomic E-state index is 0.443. The Morgan fingerprint density at radius 1 is 1.10 bits per heavy atom. The number of hydrogen-bond donors (Lipinski definition) is 1. The standard InChI is InChI=1S/C14H17Cl2N5/c1-4-21(5-2)14-19-12(18-13(17-3)20-14)9-7-6-8-10(15)11(9)16/h6-8H,4-5H2,1-3H3,(H,17,18,19,20). The number of aromatic nitrogens is 3. The summed E-state index contributed by atoms with van der Waals surface area (Å²) in [7, 11) is 1.77. The van der Waals surface area contributed by atoms with Crippen molar-refractivity contribution in [1.82, 2.24) is 15.0 Å². The van der Waals surface area contributed by atoms with E-state index < -0.39 is 0 Å². The molecule has 0 saturated carbocycles. The van der Waals surface area contributed by atoms with Gasteiger partial charge in [-0.05, 0) is 26.0 Å². The molecule has 0 unspecified atom stereocenters. The van der Waals surface area contributed by atoms with Gasteiger partial charge in [0.2, 0.25) is 11.9 Å². The number of hydrogen-bond acceptors (Lipinski definition) is 5. The number of halogens is 2. The van der Waals surface area contributed by atoms with Crippen LogP contribution in [0.2, 0.25) is 10.0 Å². The lowest BCUT2D eigenvalue weighted by atomic mass is 10.2. The Morgan fingerprint density at radius 3 is 2.43 bits per heavy atom. The van der Waals surface area contributed by atoms with Crippen LogP contribution in [0.1, 0.15) is 13.8 Å². The summed E-state index contributed by atoms with van der Waals surface area (Å²) in [4.78, 5) is 15.3. The molecular weight excluding hydrogens is 309 g/mol. The SMILES string of the molecule is CCN(CC)c1nc(NC)nc(-c2cccc(Cl)c2Cl)n1. The molecule has 0 aliphatic carbocycles. The third kappa shape index (κ3) is 3.36. The maximum absolute atomic E-state index is 6.26. The lowest BCUT2D eigenvalue weighted by molar-refractivity contribution is 0.815. The predicted molar refractivity (Wildman–Crippen MR) is 88.4 cm³/mol. The largest absolute Gasteiger partial charge is 0.357 e. The van der Waals surface area contributed by atoms with Crippen LogP contribution in [0.4, 0.5) is 11.9 Å². The quantitative estimate of drug-likeness (QED) is 0.907. The van der Waals surface area contributed by atoms with Gasteiger partial charge in [-0.15, -0.1) is 0 Å². The average molecular weight is 326 g/mol. The van der Waals surface area contributed by atoms with E-state index in [4.69, 9.17) is 23.2 Å². The molecule has 1 N–H and O–H groups in total. The molecule has 0 bridgehead atoms. The number of benzene rings is 1. The van der Waals surface area contributed by atoms with Crippen molar-refractivity contribution in [3.8, 4) is 11.4 Å². The number of nitrogens with one attached hydrogen (secondary N) is 1. The first-order valence-corrected chi connectivity index (χ1v) is 7.49. The molecule has 1 heterocycles. The molecule has 5 nitrogen and oxygen atoms in total. The first-order chi connectivity index (χ1) is 10.1. The van der Waals surface area contributed by atoms with Crippen molar-refractivity contribution in [3.05, 3.63) is 28.2 Å². The minimum Gasteiger partial charge on any atom is -0.357 e. The first-order valence-electron chi connectivity index (χ1n) is 6.73. The van der Waals surface area contributed by atoms with E-state index in [2.05, 4.69) is 34.1 Å². The smallest absolute Gasteiger partial charge is 0.230 e. The molecule has 2 aromatic rings. The minimum atomic E-state index is 0.443. The molecule has 0 fully saturated rings. The summed E-state index contributed by atoms with van der Waals surface area (Å²) in [6.45, 7) is 5.73. The summed E-state index contributed by atoms with van der Waals surface area (Å²) < 4.78 is 0. The highest BCUT2D eigenvalue weighted by atomic mass is 35.5. The van der Waals surface area contributed by atoms with E-state index >= 15 is 0 Å². The molecule has 112 valence electrons. The molecule has 0 aliphatic rings. The van der Waals surface area contributed by atoms with Crippen LogP contribution >= 0.6 is 23.2 Å². The van der Waals surface area contributed by atoms with Crippen molar-refractivity contribution < 1.29 is 0 Å². The van der Waals surface area contributed by atoms with Gasteiger partial charge in [-0.3, -0.25) is 0 Å². The Labute approximate surface area is 134 Å². The molecule has 21 heavy (non-hydrogen) atoms. The monoisotopic (exact) mass is 325 g/mol. The highest BCUT2D eigenvalue weighted by Crippen LogP contribution is 2.32. The number of anilines is 2. The zero-order valence-electron chi connectivity index (χ0n) is 12.2. The lowest BCUT2D eigenvalue weighted by Gasteiger charge is -2.19. The fraction of sp³-hybridized carbons (Fsp3) is 0.357. The van der Waals surface area contributed by atoms with E-state index in [1.807, 2.05) is 17.0 Å². The second-order valence-corrected chi connectivity index (χ2v) is 5.09. The average Bonchev–Trinajstić information content (AvgIpc) is 2.51. The highest BCUT2D eigenvalue weighted by Gasteiger charge is 2.15. The molecule has 0 aliphatic heterocycles. The van der Waals surface area contributed by atoms with Crippen LogP contribution in [0, 0.1) is 0 Å². The molecule has 0 amide bonds. The van der Waals surface area contributed by atoms with Crippen LogP contribution in [0.25, 0.3) is 11.4 Å². The molecule has 0 saturated heterocycles. The van der Waals surface area contributed by atoms with Gasteiger partial charge in [0.05, 0.1) is 10.0 Å². The van der Waals surface area contributed by atoms with Crippen LogP contribution in [0.3, 0.4) is 0 Å². The van der Waals surface area contributed by atoms with Crippen LogP contribution < -0.4 is 10.2 Å². The fourth-order valence-corrected chi connectivity index (χ4v) is 2.31. The van der Waals surface area contributed by atoms with Crippen LogP contribution in [-0.2, 0) is 0 Å². The van der Waals surface area contributed by atoms with Crippen LogP contribution in [0.15, 0.2) is 18.2 Å². The van der Waals surface area contributed by atoms with Crippen molar-refractivity contribution in [3.63, 3.8) is 0 Å². The molecule has 0 spiro atoms. The Hall–Kier alpha value is -1.59. The van der Waals surface area contributed by atoms with Crippen molar-refractivity contribution in [2.24, 2.45) is 0 Å². The topological polar surface area (TPSA) is 53.9 Å². The molecule has 0 atom stereocenters. The van der Waals surface area contributed by atoms with Crippen molar-refractivity contribution in [2.45, 2.75) is 13.8 Å². The molecular formula is C14H17Cl2N5.